The zero-order chi connectivity index (χ0) is 21.8. The summed E-state index contributed by atoms with van der Waals surface area (Å²) in [4.78, 5) is 24.4. The van der Waals surface area contributed by atoms with E-state index in [-0.39, 0.29) is 23.2 Å². The van der Waals surface area contributed by atoms with Crippen LogP contribution in [0.3, 0.4) is 0 Å². The smallest absolute Gasteiger partial charge is 0.285 e. The minimum atomic E-state index is -3.71. The van der Waals surface area contributed by atoms with E-state index in [0.717, 1.165) is 0 Å². The topological polar surface area (TPSA) is 117 Å². The molecule has 0 saturated carbocycles. The van der Waals surface area contributed by atoms with E-state index < -0.39 is 15.9 Å². The molecule has 0 saturated heterocycles. The maximum Gasteiger partial charge on any atom is 0.285 e. The molecule has 0 fully saturated rings. The fraction of sp³-hybridized carbons (Fsp3) is 0.0455. The predicted octanol–water partition coefficient (Wildman–Crippen LogP) is 2.62. The number of para-hydroxylation sites is 1. The van der Waals surface area contributed by atoms with Gasteiger partial charge in [-0.25, -0.2) is 0 Å². The zero-order valence-electron chi connectivity index (χ0n) is 16.2. The van der Waals surface area contributed by atoms with Crippen molar-refractivity contribution >= 4 is 39.0 Å². The third-order valence-electron chi connectivity index (χ3n) is 4.51. The number of rotatable bonds is 5. The number of sulfonamides is 1. The van der Waals surface area contributed by atoms with Crippen molar-refractivity contribution < 1.29 is 18.0 Å². The van der Waals surface area contributed by atoms with Crippen LogP contribution in [0.1, 0.15) is 15.9 Å². The van der Waals surface area contributed by atoms with E-state index in [4.69, 9.17) is 0 Å². The summed E-state index contributed by atoms with van der Waals surface area (Å²) in [5.74, 6) is -0.511. The number of hydrogen-bond donors (Lipinski definition) is 3. The molecule has 156 valence electrons. The van der Waals surface area contributed by atoms with Crippen LogP contribution in [0.2, 0.25) is 0 Å². The maximum atomic E-state index is 12.3. The number of carbonyl (C=O) groups excluding carboxylic acids is 2. The lowest BCUT2D eigenvalue weighted by Crippen LogP contribution is -2.32. The lowest BCUT2D eigenvalue weighted by atomic mass is 10.1. The number of carbonyl (C=O) groups is 2. The van der Waals surface area contributed by atoms with Gasteiger partial charge in [0.1, 0.15) is 4.90 Å². The van der Waals surface area contributed by atoms with E-state index in [9.17, 15) is 18.0 Å². The number of fused-ring (bicyclic) bond motifs is 1. The summed E-state index contributed by atoms with van der Waals surface area (Å²) in [6.45, 7) is -0.167. The van der Waals surface area contributed by atoms with Crippen molar-refractivity contribution in [3.05, 3.63) is 90.0 Å². The van der Waals surface area contributed by atoms with Gasteiger partial charge in [0.2, 0.25) is 5.91 Å². The summed E-state index contributed by atoms with van der Waals surface area (Å²) in [7, 11) is -3.71. The zero-order valence-corrected chi connectivity index (χ0v) is 17.0. The second kappa shape index (κ2) is 8.41. The summed E-state index contributed by atoms with van der Waals surface area (Å²) in [5, 5.41) is 8.22. The molecule has 8 nitrogen and oxygen atoms in total. The van der Waals surface area contributed by atoms with Crippen LogP contribution < -0.4 is 16.0 Å². The minimum absolute atomic E-state index is 0.155. The van der Waals surface area contributed by atoms with E-state index in [1.165, 1.54) is 6.07 Å². The highest BCUT2D eigenvalue weighted by Gasteiger charge is 2.28. The third-order valence-corrected chi connectivity index (χ3v) is 5.84. The molecule has 4 rings (SSSR count). The SMILES string of the molecule is O=C(CNC(=O)c1ccc(NC2=NS(=O)(=O)c3ccccc32)cc1)Nc1ccccc1. The van der Waals surface area contributed by atoms with Crippen LogP contribution in [-0.2, 0) is 14.8 Å². The molecule has 3 aromatic rings. The van der Waals surface area contributed by atoms with E-state index in [2.05, 4.69) is 20.3 Å². The van der Waals surface area contributed by atoms with E-state index in [1.807, 2.05) is 6.07 Å². The first-order valence-electron chi connectivity index (χ1n) is 9.37. The Morgan fingerprint density at radius 3 is 2.23 bits per heavy atom. The summed E-state index contributed by atoms with van der Waals surface area (Å²) in [6.07, 6.45) is 0. The molecule has 0 aromatic heterocycles. The van der Waals surface area contributed by atoms with Gasteiger partial charge < -0.3 is 16.0 Å². The van der Waals surface area contributed by atoms with Crippen molar-refractivity contribution in [2.75, 3.05) is 17.2 Å². The molecule has 0 radical (unpaired) electrons. The van der Waals surface area contributed by atoms with Gasteiger partial charge in [-0.05, 0) is 48.5 Å². The number of nitrogens with zero attached hydrogens (tertiary/aromatic N) is 1. The fourth-order valence-corrected chi connectivity index (χ4v) is 4.20. The lowest BCUT2D eigenvalue weighted by molar-refractivity contribution is -0.115. The number of hydrogen-bond acceptors (Lipinski definition) is 5. The summed E-state index contributed by atoms with van der Waals surface area (Å²) >= 11 is 0. The number of anilines is 2. The van der Waals surface area contributed by atoms with Gasteiger partial charge in [0, 0.05) is 22.5 Å². The molecule has 9 heteroatoms. The second-order valence-corrected chi connectivity index (χ2v) is 8.28. The quantitative estimate of drug-likeness (QED) is 0.571. The third kappa shape index (κ3) is 4.62. The van der Waals surface area contributed by atoms with Gasteiger partial charge in [-0.1, -0.05) is 30.3 Å². The Kier molecular flexibility index (Phi) is 5.50. The Bertz CT molecular complexity index is 1270. The molecule has 0 atom stereocenters. The lowest BCUT2D eigenvalue weighted by Gasteiger charge is -2.09. The predicted molar refractivity (Wildman–Crippen MR) is 118 cm³/mol. The first-order valence-corrected chi connectivity index (χ1v) is 10.8. The van der Waals surface area contributed by atoms with Gasteiger partial charge in [0.25, 0.3) is 15.9 Å². The molecule has 0 unspecified atom stereocenters. The van der Waals surface area contributed by atoms with Crippen molar-refractivity contribution in [3.8, 4) is 0 Å². The largest absolute Gasteiger partial charge is 0.343 e. The number of benzene rings is 3. The Morgan fingerprint density at radius 2 is 1.48 bits per heavy atom. The molecule has 3 N–H and O–H groups in total. The van der Waals surface area contributed by atoms with Gasteiger partial charge >= 0.3 is 0 Å². The van der Waals surface area contributed by atoms with Crippen molar-refractivity contribution in [1.29, 1.82) is 0 Å². The van der Waals surface area contributed by atoms with Crippen LogP contribution in [0.5, 0.6) is 0 Å². The van der Waals surface area contributed by atoms with Crippen LogP contribution in [0.25, 0.3) is 0 Å². The molecule has 0 spiro atoms. The molecule has 2 amide bonds. The van der Waals surface area contributed by atoms with Gasteiger partial charge in [0.05, 0.1) is 6.54 Å². The Labute approximate surface area is 179 Å². The van der Waals surface area contributed by atoms with Crippen LogP contribution in [0, 0.1) is 0 Å². The number of amides is 2. The Balaban J connectivity index is 1.36. The van der Waals surface area contributed by atoms with Crippen molar-refractivity contribution in [2.45, 2.75) is 4.90 Å². The van der Waals surface area contributed by atoms with Gasteiger partial charge in [-0.15, -0.1) is 4.40 Å². The Hall–Kier alpha value is -3.98. The normalized spacial score (nSPS) is 13.6. The summed E-state index contributed by atoms with van der Waals surface area (Å²) in [6, 6.07) is 21.9. The molecular formula is C22H18N4O4S. The van der Waals surface area contributed by atoms with E-state index in [0.29, 0.717) is 22.5 Å². The van der Waals surface area contributed by atoms with Crippen molar-refractivity contribution in [1.82, 2.24) is 5.32 Å². The maximum absolute atomic E-state index is 12.3. The van der Waals surface area contributed by atoms with Crippen LogP contribution in [0.4, 0.5) is 11.4 Å². The standard InChI is InChI=1S/C22H18N4O4S/c27-20(24-16-6-2-1-3-7-16)14-23-22(28)15-10-12-17(13-11-15)25-21-18-8-4-5-9-19(18)31(29,30)26-21/h1-13H,14H2,(H,23,28)(H,24,27)(H,25,26). The molecular weight excluding hydrogens is 416 g/mol. The van der Waals surface area contributed by atoms with Gasteiger partial charge in [0.15, 0.2) is 5.84 Å². The molecule has 3 aromatic carbocycles. The molecule has 31 heavy (non-hydrogen) atoms. The van der Waals surface area contributed by atoms with Gasteiger partial charge in [-0.2, -0.15) is 8.42 Å². The highest BCUT2D eigenvalue weighted by Crippen LogP contribution is 2.26. The van der Waals surface area contributed by atoms with Crippen LogP contribution >= 0.6 is 0 Å². The van der Waals surface area contributed by atoms with Gasteiger partial charge in [-0.3, -0.25) is 9.59 Å². The monoisotopic (exact) mass is 434 g/mol. The second-order valence-electron chi connectivity index (χ2n) is 6.71. The summed E-state index contributed by atoms with van der Waals surface area (Å²) in [5.41, 5.74) is 2.08. The Morgan fingerprint density at radius 1 is 0.806 bits per heavy atom. The van der Waals surface area contributed by atoms with Crippen LogP contribution in [-0.4, -0.2) is 32.6 Å². The molecule has 0 bridgehead atoms. The van der Waals surface area contributed by atoms with Crippen LogP contribution in [0.15, 0.2) is 88.2 Å². The number of amidine groups is 1. The average Bonchev–Trinajstić information content (AvgIpc) is 3.03. The molecule has 1 heterocycles. The molecule has 1 aliphatic rings. The molecule has 0 aliphatic carbocycles. The minimum Gasteiger partial charge on any atom is -0.343 e. The van der Waals surface area contributed by atoms with Crippen molar-refractivity contribution in [2.24, 2.45) is 4.40 Å². The highest BCUT2D eigenvalue weighted by molar-refractivity contribution is 7.90. The fourth-order valence-electron chi connectivity index (χ4n) is 3.03. The van der Waals surface area contributed by atoms with E-state index >= 15 is 0 Å². The first-order chi connectivity index (χ1) is 14.9. The highest BCUT2D eigenvalue weighted by atomic mass is 32.2. The summed E-state index contributed by atoms with van der Waals surface area (Å²) < 4.78 is 28.0. The first kappa shape index (κ1) is 20.3. The molecule has 1 aliphatic heterocycles. The van der Waals surface area contributed by atoms with E-state index in [1.54, 1.807) is 66.7 Å². The van der Waals surface area contributed by atoms with Crippen molar-refractivity contribution in [3.63, 3.8) is 0 Å². The number of nitrogens with one attached hydrogen (secondary N) is 3. The average molecular weight is 434 g/mol.